The molecule has 0 atom stereocenters. The number of rotatable bonds is 3. The second kappa shape index (κ2) is 5.09. The van der Waals surface area contributed by atoms with Crippen LogP contribution in [0.4, 0.5) is 0 Å². The van der Waals surface area contributed by atoms with E-state index in [0.717, 1.165) is 22.4 Å². The molecule has 6 nitrogen and oxygen atoms in total. The average Bonchev–Trinajstić information content (AvgIpc) is 3.23. The third kappa shape index (κ3) is 1.97. The third-order valence-corrected chi connectivity index (χ3v) is 3.50. The molecule has 1 aliphatic rings. The Hall–Kier alpha value is -2.99. The monoisotopic (exact) mass is 296 g/mol. The number of hydrogen-bond acceptors (Lipinski definition) is 6. The van der Waals surface area contributed by atoms with E-state index in [1.54, 1.807) is 13.4 Å². The fourth-order valence-electron chi connectivity index (χ4n) is 2.40. The van der Waals surface area contributed by atoms with Crippen LogP contribution in [0.2, 0.25) is 0 Å². The molecule has 3 aromatic rings. The summed E-state index contributed by atoms with van der Waals surface area (Å²) in [6.45, 7) is 0. The van der Waals surface area contributed by atoms with Crippen molar-refractivity contribution < 1.29 is 18.9 Å². The number of fused-ring (bicyclic) bond motifs is 1. The van der Waals surface area contributed by atoms with Crippen LogP contribution in [0.1, 0.15) is 0 Å². The number of nitrogens with one attached hydrogen (secondary N) is 1. The molecule has 0 saturated carbocycles. The van der Waals surface area contributed by atoms with Crippen LogP contribution < -0.4 is 20.1 Å². The summed E-state index contributed by atoms with van der Waals surface area (Å²) in [6, 6.07) is 13.3. The number of methoxy groups -OCH3 is 1. The molecule has 22 heavy (non-hydrogen) atoms. The first kappa shape index (κ1) is 12.7. The highest BCUT2D eigenvalue weighted by molar-refractivity contribution is 5.84. The lowest BCUT2D eigenvalue weighted by Gasteiger charge is -2.05. The van der Waals surface area contributed by atoms with Crippen molar-refractivity contribution in [3.8, 4) is 39.6 Å². The summed E-state index contributed by atoms with van der Waals surface area (Å²) in [4.78, 5) is 10.5. The lowest BCUT2D eigenvalue weighted by molar-refractivity contribution is 0.0262. The van der Waals surface area contributed by atoms with E-state index >= 15 is 0 Å². The van der Waals surface area contributed by atoms with Crippen molar-refractivity contribution in [1.82, 2.24) is 10.8 Å². The van der Waals surface area contributed by atoms with Crippen molar-refractivity contribution in [1.29, 1.82) is 0 Å². The molecular formula is C16H12N2O4. The average molecular weight is 296 g/mol. The molecule has 0 spiro atoms. The van der Waals surface area contributed by atoms with Gasteiger partial charge in [-0.3, -0.25) is 0 Å². The van der Waals surface area contributed by atoms with E-state index in [4.69, 9.17) is 18.9 Å². The Labute approximate surface area is 126 Å². The van der Waals surface area contributed by atoms with Gasteiger partial charge in [0.15, 0.2) is 5.75 Å². The topological polar surface area (TPSA) is 65.8 Å². The van der Waals surface area contributed by atoms with Crippen molar-refractivity contribution >= 4 is 0 Å². The first-order valence-corrected chi connectivity index (χ1v) is 6.67. The predicted octanol–water partition coefficient (Wildman–Crippen LogP) is 3.21. The Morgan fingerprint density at radius 1 is 1.00 bits per heavy atom. The van der Waals surface area contributed by atoms with Crippen molar-refractivity contribution in [2.75, 3.05) is 7.11 Å². The fourth-order valence-corrected chi connectivity index (χ4v) is 2.40. The number of hydrogen-bond donors (Lipinski definition) is 1. The Morgan fingerprint density at radius 2 is 1.86 bits per heavy atom. The lowest BCUT2D eigenvalue weighted by Crippen LogP contribution is -2.14. The minimum absolute atomic E-state index is 0.589. The largest absolute Gasteiger partial charge is 0.497 e. The summed E-state index contributed by atoms with van der Waals surface area (Å²) >= 11 is 0. The molecule has 1 aliphatic heterocycles. The van der Waals surface area contributed by atoms with E-state index in [1.807, 2.05) is 42.5 Å². The van der Waals surface area contributed by atoms with Crippen LogP contribution in [0.25, 0.3) is 22.4 Å². The maximum absolute atomic E-state index is 5.31. The fraction of sp³-hybridized carbons (Fsp3) is 0.0625. The Bertz CT molecular complexity index is 811. The van der Waals surface area contributed by atoms with Gasteiger partial charge in [-0.1, -0.05) is 23.4 Å². The highest BCUT2D eigenvalue weighted by Crippen LogP contribution is 2.42. The smallest absolute Gasteiger partial charge is 0.205 e. The molecule has 1 N–H and O–H groups in total. The predicted molar refractivity (Wildman–Crippen MR) is 78.3 cm³/mol. The molecular weight excluding hydrogens is 284 g/mol. The van der Waals surface area contributed by atoms with Crippen LogP contribution in [0.5, 0.6) is 17.2 Å². The van der Waals surface area contributed by atoms with Crippen LogP contribution >= 0.6 is 0 Å². The van der Waals surface area contributed by atoms with Gasteiger partial charge in [0.1, 0.15) is 17.7 Å². The second-order valence-corrected chi connectivity index (χ2v) is 4.73. The van der Waals surface area contributed by atoms with E-state index in [-0.39, 0.29) is 0 Å². The summed E-state index contributed by atoms with van der Waals surface area (Å²) in [6.07, 6.45) is 1.61. The van der Waals surface area contributed by atoms with Gasteiger partial charge in [0, 0.05) is 11.2 Å². The molecule has 0 fully saturated rings. The normalized spacial score (nSPS) is 12.4. The number of benzene rings is 2. The van der Waals surface area contributed by atoms with Crippen molar-refractivity contribution in [2.24, 2.45) is 0 Å². The van der Waals surface area contributed by atoms with Gasteiger partial charge in [0.2, 0.25) is 5.75 Å². The molecule has 4 rings (SSSR count). The minimum atomic E-state index is 0.589. The van der Waals surface area contributed by atoms with Gasteiger partial charge >= 0.3 is 0 Å². The van der Waals surface area contributed by atoms with Gasteiger partial charge in [0.05, 0.1) is 12.7 Å². The zero-order valence-corrected chi connectivity index (χ0v) is 11.7. The number of ether oxygens (including phenoxy) is 1. The van der Waals surface area contributed by atoms with Crippen LogP contribution in [0.15, 0.2) is 53.3 Å². The highest BCUT2D eigenvalue weighted by atomic mass is 16.9. The van der Waals surface area contributed by atoms with E-state index in [2.05, 4.69) is 10.8 Å². The summed E-state index contributed by atoms with van der Waals surface area (Å²) in [5.74, 6) is 2.00. The van der Waals surface area contributed by atoms with E-state index in [1.165, 1.54) is 0 Å². The Morgan fingerprint density at radius 3 is 2.68 bits per heavy atom. The summed E-state index contributed by atoms with van der Waals surface area (Å²) < 4.78 is 10.4. The first-order chi connectivity index (χ1) is 10.9. The van der Waals surface area contributed by atoms with Crippen molar-refractivity contribution in [2.45, 2.75) is 0 Å². The van der Waals surface area contributed by atoms with Gasteiger partial charge in [-0.05, 0) is 29.8 Å². The lowest BCUT2D eigenvalue weighted by atomic mass is 10.0. The molecule has 2 aromatic carbocycles. The van der Waals surface area contributed by atoms with Gasteiger partial charge in [-0.15, -0.1) is 0 Å². The zero-order valence-electron chi connectivity index (χ0n) is 11.7. The quantitative estimate of drug-likeness (QED) is 0.800. The van der Waals surface area contributed by atoms with Gasteiger partial charge in [-0.2, -0.15) is 0 Å². The van der Waals surface area contributed by atoms with E-state index in [9.17, 15) is 0 Å². The minimum Gasteiger partial charge on any atom is -0.497 e. The molecule has 0 bridgehead atoms. The summed E-state index contributed by atoms with van der Waals surface area (Å²) in [5, 5.41) is 4.11. The maximum Gasteiger partial charge on any atom is 0.205 e. The molecule has 110 valence electrons. The summed E-state index contributed by atoms with van der Waals surface area (Å²) in [7, 11) is 1.64. The number of aromatic nitrogens is 1. The molecule has 2 heterocycles. The van der Waals surface area contributed by atoms with Crippen LogP contribution in [0.3, 0.4) is 0 Å². The van der Waals surface area contributed by atoms with Crippen molar-refractivity contribution in [3.63, 3.8) is 0 Å². The van der Waals surface area contributed by atoms with Crippen LogP contribution in [-0.2, 0) is 0 Å². The molecule has 1 aromatic heterocycles. The Balaban J connectivity index is 1.82. The standard InChI is InChI=1S/C16H12N2O4/c1-19-11-7-5-10(6-8-11)13-9-20-17-15(13)12-3-2-4-14-16(12)22-18-21-14/h2-9,18H,1H3. The van der Waals surface area contributed by atoms with Gasteiger partial charge in [0.25, 0.3) is 0 Å². The molecule has 0 aliphatic carbocycles. The molecule has 0 amide bonds. The number of nitrogens with zero attached hydrogens (tertiary/aromatic N) is 1. The molecule has 6 heteroatoms. The highest BCUT2D eigenvalue weighted by Gasteiger charge is 2.23. The molecule has 0 radical (unpaired) electrons. The second-order valence-electron chi connectivity index (χ2n) is 4.73. The third-order valence-electron chi connectivity index (χ3n) is 3.50. The van der Waals surface area contributed by atoms with Crippen molar-refractivity contribution in [3.05, 3.63) is 48.7 Å². The van der Waals surface area contributed by atoms with E-state index in [0.29, 0.717) is 17.2 Å². The van der Waals surface area contributed by atoms with Crippen LogP contribution in [-0.4, -0.2) is 12.3 Å². The maximum atomic E-state index is 5.31. The van der Waals surface area contributed by atoms with Gasteiger partial charge in [-0.25, -0.2) is 0 Å². The van der Waals surface area contributed by atoms with E-state index < -0.39 is 0 Å². The first-order valence-electron chi connectivity index (χ1n) is 6.67. The zero-order chi connectivity index (χ0) is 14.9. The number of para-hydroxylation sites is 1. The SMILES string of the molecule is COc1ccc(-c2conc2-c2cccc3c2ONO3)cc1. The van der Waals surface area contributed by atoms with Gasteiger partial charge < -0.3 is 18.9 Å². The summed E-state index contributed by atoms with van der Waals surface area (Å²) in [5.41, 5.74) is 5.71. The van der Waals surface area contributed by atoms with Crippen LogP contribution in [0, 0.1) is 0 Å². The molecule has 0 saturated heterocycles. The molecule has 0 unspecified atom stereocenters. The Kier molecular flexibility index (Phi) is 2.94.